The molecule has 0 saturated carbocycles. The molecule has 3 nitrogen and oxygen atoms in total. The molecule has 1 aliphatic rings. The first-order chi connectivity index (χ1) is 8.84. The molecule has 4 heteroatoms. The molecule has 0 spiro atoms. The standard InChI is InChI=1S/C14H15NO2S/c16-18(15-7-9-17-10-8-15)14-6-5-12-3-1-2-4-13(12)11-14/h1-6,11H,7-10H2/t18-/m1/s1. The topological polar surface area (TPSA) is 29.5 Å². The Morgan fingerprint density at radius 3 is 2.50 bits per heavy atom. The third-order valence-electron chi connectivity index (χ3n) is 3.13. The summed E-state index contributed by atoms with van der Waals surface area (Å²) in [5.74, 6) is 0. The second-order valence-corrected chi connectivity index (χ2v) is 5.79. The van der Waals surface area contributed by atoms with E-state index in [1.165, 1.54) is 5.39 Å². The Morgan fingerprint density at radius 2 is 1.72 bits per heavy atom. The summed E-state index contributed by atoms with van der Waals surface area (Å²) in [6, 6.07) is 14.1. The first-order valence-corrected chi connectivity index (χ1v) is 7.19. The van der Waals surface area contributed by atoms with Gasteiger partial charge in [0.25, 0.3) is 0 Å². The number of nitrogens with zero attached hydrogens (tertiary/aromatic N) is 1. The lowest BCUT2D eigenvalue weighted by Crippen LogP contribution is -2.37. The quantitative estimate of drug-likeness (QED) is 0.829. The maximum Gasteiger partial charge on any atom is 0.127 e. The van der Waals surface area contributed by atoms with Gasteiger partial charge >= 0.3 is 0 Å². The van der Waals surface area contributed by atoms with Crippen molar-refractivity contribution in [3.63, 3.8) is 0 Å². The van der Waals surface area contributed by atoms with Crippen LogP contribution in [0.1, 0.15) is 0 Å². The van der Waals surface area contributed by atoms with E-state index in [0.29, 0.717) is 13.2 Å². The van der Waals surface area contributed by atoms with E-state index in [2.05, 4.69) is 12.1 Å². The Balaban J connectivity index is 1.91. The van der Waals surface area contributed by atoms with E-state index in [9.17, 15) is 4.21 Å². The molecule has 94 valence electrons. The maximum absolute atomic E-state index is 12.4. The molecule has 1 aliphatic heterocycles. The molecule has 3 rings (SSSR count). The molecule has 0 aliphatic carbocycles. The van der Waals surface area contributed by atoms with Crippen molar-refractivity contribution in [2.75, 3.05) is 26.3 Å². The second kappa shape index (κ2) is 5.18. The molecular formula is C14H15NO2S. The fourth-order valence-corrected chi connectivity index (χ4v) is 3.33. The summed E-state index contributed by atoms with van der Waals surface area (Å²) >= 11 is 0. The van der Waals surface area contributed by atoms with Gasteiger partial charge in [0, 0.05) is 13.1 Å². The van der Waals surface area contributed by atoms with Gasteiger partial charge in [0.2, 0.25) is 0 Å². The van der Waals surface area contributed by atoms with Gasteiger partial charge in [-0.3, -0.25) is 0 Å². The first-order valence-electron chi connectivity index (χ1n) is 6.08. The van der Waals surface area contributed by atoms with E-state index >= 15 is 0 Å². The van der Waals surface area contributed by atoms with Crippen LogP contribution in [0.2, 0.25) is 0 Å². The zero-order valence-electron chi connectivity index (χ0n) is 10.0. The molecule has 0 aromatic heterocycles. The van der Waals surface area contributed by atoms with Crippen LogP contribution in [0.5, 0.6) is 0 Å². The average Bonchev–Trinajstić information content (AvgIpc) is 2.47. The van der Waals surface area contributed by atoms with Gasteiger partial charge in [-0.15, -0.1) is 0 Å². The van der Waals surface area contributed by atoms with Crippen LogP contribution < -0.4 is 0 Å². The smallest absolute Gasteiger partial charge is 0.127 e. The SMILES string of the molecule is O=[S@](c1ccc2ccccc2c1)N1CCOCC1. The minimum Gasteiger partial charge on any atom is -0.379 e. The number of hydrogen-bond donors (Lipinski definition) is 0. The van der Waals surface area contributed by atoms with Crippen molar-refractivity contribution in [1.82, 2.24) is 4.31 Å². The normalized spacial score (nSPS) is 18.9. The van der Waals surface area contributed by atoms with Gasteiger partial charge in [0.05, 0.1) is 18.1 Å². The van der Waals surface area contributed by atoms with Gasteiger partial charge in [-0.25, -0.2) is 8.51 Å². The molecule has 0 N–H and O–H groups in total. The van der Waals surface area contributed by atoms with Crippen molar-refractivity contribution >= 4 is 21.8 Å². The van der Waals surface area contributed by atoms with Gasteiger partial charge in [-0.05, 0) is 22.9 Å². The summed E-state index contributed by atoms with van der Waals surface area (Å²) in [4.78, 5) is 0.871. The van der Waals surface area contributed by atoms with Crippen LogP contribution in [0.25, 0.3) is 10.8 Å². The summed E-state index contributed by atoms with van der Waals surface area (Å²) in [5.41, 5.74) is 0. The highest BCUT2D eigenvalue weighted by molar-refractivity contribution is 7.82. The average molecular weight is 261 g/mol. The number of ether oxygens (including phenoxy) is 1. The van der Waals surface area contributed by atoms with E-state index in [1.54, 1.807) is 0 Å². The minimum absolute atomic E-state index is 0.666. The summed E-state index contributed by atoms with van der Waals surface area (Å²) in [6.45, 7) is 2.80. The highest BCUT2D eigenvalue weighted by Gasteiger charge is 2.18. The summed E-state index contributed by atoms with van der Waals surface area (Å²) in [6.07, 6.45) is 0. The van der Waals surface area contributed by atoms with Crippen LogP contribution in [0.3, 0.4) is 0 Å². The van der Waals surface area contributed by atoms with E-state index in [1.807, 2.05) is 34.6 Å². The largest absolute Gasteiger partial charge is 0.379 e. The fourth-order valence-electron chi connectivity index (χ4n) is 2.14. The Morgan fingerprint density at radius 1 is 1.00 bits per heavy atom. The number of morpholine rings is 1. The van der Waals surface area contributed by atoms with Crippen molar-refractivity contribution in [1.29, 1.82) is 0 Å². The Bertz CT molecular complexity index is 579. The monoisotopic (exact) mass is 261 g/mol. The highest BCUT2D eigenvalue weighted by atomic mass is 32.2. The minimum atomic E-state index is -1.07. The van der Waals surface area contributed by atoms with Crippen LogP contribution in [0.15, 0.2) is 47.4 Å². The van der Waals surface area contributed by atoms with E-state index in [0.717, 1.165) is 23.4 Å². The summed E-state index contributed by atoms with van der Waals surface area (Å²) < 4.78 is 19.7. The van der Waals surface area contributed by atoms with Crippen LogP contribution in [-0.2, 0) is 15.7 Å². The molecule has 2 aromatic carbocycles. The fraction of sp³-hybridized carbons (Fsp3) is 0.286. The van der Waals surface area contributed by atoms with E-state index < -0.39 is 11.0 Å². The lowest BCUT2D eigenvalue weighted by atomic mass is 10.1. The third-order valence-corrected chi connectivity index (χ3v) is 4.62. The van der Waals surface area contributed by atoms with Crippen LogP contribution in [0.4, 0.5) is 0 Å². The molecule has 18 heavy (non-hydrogen) atoms. The van der Waals surface area contributed by atoms with Gasteiger partial charge in [0.1, 0.15) is 11.0 Å². The van der Waals surface area contributed by atoms with Gasteiger partial charge in [0.15, 0.2) is 0 Å². The zero-order chi connectivity index (χ0) is 12.4. The Hall–Kier alpha value is -1.23. The predicted octanol–water partition coefficient (Wildman–Crippen LogP) is 2.19. The molecule has 1 atom stereocenters. The lowest BCUT2D eigenvalue weighted by Gasteiger charge is -2.25. The van der Waals surface area contributed by atoms with Gasteiger partial charge in [-0.2, -0.15) is 0 Å². The molecule has 2 aromatic rings. The van der Waals surface area contributed by atoms with E-state index in [-0.39, 0.29) is 0 Å². The van der Waals surface area contributed by atoms with Crippen molar-refractivity contribution in [3.8, 4) is 0 Å². The van der Waals surface area contributed by atoms with Crippen LogP contribution in [-0.4, -0.2) is 34.8 Å². The molecule has 0 amide bonds. The number of benzene rings is 2. The highest BCUT2D eigenvalue weighted by Crippen LogP contribution is 2.19. The molecule has 1 saturated heterocycles. The Kier molecular flexibility index (Phi) is 3.41. The van der Waals surface area contributed by atoms with Gasteiger partial charge in [-0.1, -0.05) is 30.3 Å². The molecule has 0 unspecified atom stereocenters. The molecule has 0 radical (unpaired) electrons. The number of hydrogen-bond acceptors (Lipinski definition) is 2. The van der Waals surface area contributed by atoms with Gasteiger partial charge < -0.3 is 4.74 Å². The van der Waals surface area contributed by atoms with Crippen LogP contribution in [0, 0.1) is 0 Å². The molecular weight excluding hydrogens is 246 g/mol. The summed E-state index contributed by atoms with van der Waals surface area (Å²) in [5, 5.41) is 2.32. The van der Waals surface area contributed by atoms with E-state index in [4.69, 9.17) is 4.74 Å². The Labute approximate surface area is 109 Å². The van der Waals surface area contributed by atoms with Crippen molar-refractivity contribution in [2.45, 2.75) is 4.90 Å². The molecule has 1 heterocycles. The van der Waals surface area contributed by atoms with Crippen molar-refractivity contribution in [2.24, 2.45) is 0 Å². The van der Waals surface area contributed by atoms with Crippen molar-refractivity contribution < 1.29 is 8.95 Å². The molecule has 1 fully saturated rings. The predicted molar refractivity (Wildman–Crippen MR) is 72.7 cm³/mol. The maximum atomic E-state index is 12.4. The second-order valence-electron chi connectivity index (χ2n) is 4.30. The molecule has 0 bridgehead atoms. The third kappa shape index (κ3) is 2.32. The summed E-state index contributed by atoms with van der Waals surface area (Å²) in [7, 11) is -1.07. The number of fused-ring (bicyclic) bond motifs is 1. The first kappa shape index (κ1) is 11.8. The van der Waals surface area contributed by atoms with Crippen LogP contribution >= 0.6 is 0 Å². The number of rotatable bonds is 2. The zero-order valence-corrected chi connectivity index (χ0v) is 10.9. The van der Waals surface area contributed by atoms with Crippen molar-refractivity contribution in [3.05, 3.63) is 42.5 Å². The lowest BCUT2D eigenvalue weighted by molar-refractivity contribution is 0.0752.